The number of benzene rings is 1. The van der Waals surface area contributed by atoms with Gasteiger partial charge in [0.1, 0.15) is 11.9 Å². The summed E-state index contributed by atoms with van der Waals surface area (Å²) in [5.74, 6) is -0.524. The van der Waals surface area contributed by atoms with Gasteiger partial charge in [-0.2, -0.15) is 0 Å². The van der Waals surface area contributed by atoms with Crippen molar-refractivity contribution in [2.75, 3.05) is 33.5 Å². The van der Waals surface area contributed by atoms with Crippen molar-refractivity contribution in [2.24, 2.45) is 0 Å². The lowest BCUT2D eigenvalue weighted by atomic mass is 10.1. The zero-order valence-corrected chi connectivity index (χ0v) is 11.9. The number of ketones is 1. The third-order valence-electron chi connectivity index (χ3n) is 2.73. The summed E-state index contributed by atoms with van der Waals surface area (Å²) >= 11 is 0. The van der Waals surface area contributed by atoms with Crippen LogP contribution in [0.15, 0.2) is 24.3 Å². The molecule has 0 aliphatic carbocycles. The normalized spacial score (nSPS) is 12.3. The molecule has 0 amide bonds. The topological polar surface area (TPSA) is 44.8 Å². The monoisotopic (exact) mass is 284 g/mol. The van der Waals surface area contributed by atoms with E-state index in [-0.39, 0.29) is 11.6 Å². The lowest BCUT2D eigenvalue weighted by Crippen LogP contribution is -2.23. The van der Waals surface area contributed by atoms with Gasteiger partial charge in [0.05, 0.1) is 13.2 Å². The Morgan fingerprint density at radius 3 is 2.50 bits per heavy atom. The van der Waals surface area contributed by atoms with E-state index in [1.807, 2.05) is 0 Å². The highest BCUT2D eigenvalue weighted by molar-refractivity contribution is 5.99. The summed E-state index contributed by atoms with van der Waals surface area (Å²) in [6.07, 6.45) is 0.267. The molecule has 0 aliphatic heterocycles. The molecule has 20 heavy (non-hydrogen) atoms. The second-order valence-corrected chi connectivity index (χ2v) is 4.34. The molecular weight excluding hydrogens is 263 g/mol. The van der Waals surface area contributed by atoms with E-state index in [4.69, 9.17) is 14.2 Å². The standard InChI is InChI=1S/C15H21FO4/c1-12(20-11-10-19-9-3-8-18-2)15(17)13-4-6-14(16)7-5-13/h4-7,12H,3,8-11H2,1-2H3. The van der Waals surface area contributed by atoms with Crippen LogP contribution in [-0.4, -0.2) is 45.4 Å². The molecule has 1 rings (SSSR count). The smallest absolute Gasteiger partial charge is 0.191 e. The van der Waals surface area contributed by atoms with E-state index in [0.717, 1.165) is 6.42 Å². The van der Waals surface area contributed by atoms with Gasteiger partial charge in [-0.1, -0.05) is 0 Å². The van der Waals surface area contributed by atoms with Crippen molar-refractivity contribution in [2.45, 2.75) is 19.4 Å². The zero-order chi connectivity index (χ0) is 14.8. The first-order valence-electron chi connectivity index (χ1n) is 6.63. The summed E-state index contributed by atoms with van der Waals surface area (Å²) < 4.78 is 28.4. The first-order chi connectivity index (χ1) is 9.65. The predicted molar refractivity (Wildman–Crippen MR) is 73.5 cm³/mol. The lowest BCUT2D eigenvalue weighted by Gasteiger charge is -2.12. The van der Waals surface area contributed by atoms with E-state index in [9.17, 15) is 9.18 Å². The molecule has 0 heterocycles. The first-order valence-corrected chi connectivity index (χ1v) is 6.63. The van der Waals surface area contributed by atoms with Crippen LogP contribution in [-0.2, 0) is 14.2 Å². The van der Waals surface area contributed by atoms with Gasteiger partial charge in [-0.15, -0.1) is 0 Å². The summed E-state index contributed by atoms with van der Waals surface area (Å²) in [5, 5.41) is 0. The maximum absolute atomic E-state index is 12.8. The minimum atomic E-state index is -0.567. The molecule has 1 unspecified atom stereocenters. The van der Waals surface area contributed by atoms with E-state index < -0.39 is 6.10 Å². The Morgan fingerprint density at radius 1 is 1.15 bits per heavy atom. The van der Waals surface area contributed by atoms with E-state index in [2.05, 4.69) is 0 Å². The Hall–Kier alpha value is -1.30. The zero-order valence-electron chi connectivity index (χ0n) is 11.9. The van der Waals surface area contributed by atoms with Crippen LogP contribution in [0.2, 0.25) is 0 Å². The molecule has 0 saturated carbocycles. The fourth-order valence-corrected chi connectivity index (χ4v) is 1.62. The van der Waals surface area contributed by atoms with Gasteiger partial charge in [0.25, 0.3) is 0 Å². The number of halogens is 1. The van der Waals surface area contributed by atoms with E-state index >= 15 is 0 Å². The summed E-state index contributed by atoms with van der Waals surface area (Å²) in [7, 11) is 1.64. The van der Waals surface area contributed by atoms with Crippen LogP contribution in [0, 0.1) is 5.82 Å². The molecule has 0 aliphatic rings. The highest BCUT2D eigenvalue weighted by Crippen LogP contribution is 2.08. The second kappa shape index (κ2) is 9.58. The minimum Gasteiger partial charge on any atom is -0.385 e. The van der Waals surface area contributed by atoms with Gasteiger partial charge >= 0.3 is 0 Å². The molecule has 0 radical (unpaired) electrons. The highest BCUT2D eigenvalue weighted by atomic mass is 19.1. The molecule has 1 atom stereocenters. The second-order valence-electron chi connectivity index (χ2n) is 4.34. The fraction of sp³-hybridized carbons (Fsp3) is 0.533. The Morgan fingerprint density at radius 2 is 1.85 bits per heavy atom. The number of hydrogen-bond donors (Lipinski definition) is 0. The van der Waals surface area contributed by atoms with Crippen molar-refractivity contribution in [3.8, 4) is 0 Å². The summed E-state index contributed by atoms with van der Waals surface area (Å²) in [4.78, 5) is 12.0. The van der Waals surface area contributed by atoms with Gasteiger partial charge in [-0.05, 0) is 37.6 Å². The van der Waals surface area contributed by atoms with Gasteiger partial charge in [0.15, 0.2) is 5.78 Å². The van der Waals surface area contributed by atoms with Crippen LogP contribution in [0.1, 0.15) is 23.7 Å². The number of carbonyl (C=O) groups excluding carboxylic acids is 1. The molecule has 4 nitrogen and oxygen atoms in total. The van der Waals surface area contributed by atoms with Crippen LogP contribution in [0.25, 0.3) is 0 Å². The van der Waals surface area contributed by atoms with Crippen molar-refractivity contribution in [3.63, 3.8) is 0 Å². The molecule has 112 valence electrons. The van der Waals surface area contributed by atoms with Gasteiger partial charge in [-0.25, -0.2) is 4.39 Å². The van der Waals surface area contributed by atoms with Crippen molar-refractivity contribution in [3.05, 3.63) is 35.6 Å². The number of Topliss-reactive ketones (excluding diaryl/α,β-unsaturated/α-hetero) is 1. The molecule has 1 aromatic carbocycles. The number of hydrogen-bond acceptors (Lipinski definition) is 4. The maximum atomic E-state index is 12.8. The van der Waals surface area contributed by atoms with Crippen molar-refractivity contribution < 1.29 is 23.4 Å². The third-order valence-corrected chi connectivity index (χ3v) is 2.73. The Kier molecular flexibility index (Phi) is 8.02. The predicted octanol–water partition coefficient (Wildman–Crippen LogP) is 2.47. The SMILES string of the molecule is COCCCOCCOC(C)C(=O)c1ccc(F)cc1. The highest BCUT2D eigenvalue weighted by Gasteiger charge is 2.15. The Balaban J connectivity index is 2.20. The average Bonchev–Trinajstić information content (AvgIpc) is 2.46. The Labute approximate surface area is 118 Å². The molecule has 0 fully saturated rings. The summed E-state index contributed by atoms with van der Waals surface area (Å²) in [6, 6.07) is 5.44. The summed E-state index contributed by atoms with van der Waals surface area (Å²) in [5.41, 5.74) is 0.444. The molecule has 0 N–H and O–H groups in total. The molecule has 0 bridgehead atoms. The molecule has 1 aromatic rings. The minimum absolute atomic E-state index is 0.163. The molecule has 0 saturated heterocycles. The molecule has 0 spiro atoms. The van der Waals surface area contributed by atoms with Crippen molar-refractivity contribution >= 4 is 5.78 Å². The third kappa shape index (κ3) is 6.23. The quantitative estimate of drug-likeness (QED) is 0.489. The fourth-order valence-electron chi connectivity index (χ4n) is 1.62. The Bertz CT molecular complexity index is 391. The van der Waals surface area contributed by atoms with E-state index in [1.54, 1.807) is 14.0 Å². The number of carbonyl (C=O) groups is 1. The number of ether oxygens (including phenoxy) is 3. The van der Waals surface area contributed by atoms with Crippen molar-refractivity contribution in [1.29, 1.82) is 0 Å². The van der Waals surface area contributed by atoms with Gasteiger partial charge in [0.2, 0.25) is 0 Å². The first kappa shape index (κ1) is 16.8. The summed E-state index contributed by atoms with van der Waals surface area (Å²) in [6.45, 7) is 3.74. The average molecular weight is 284 g/mol. The van der Waals surface area contributed by atoms with E-state index in [1.165, 1.54) is 24.3 Å². The van der Waals surface area contributed by atoms with Crippen LogP contribution in [0.5, 0.6) is 0 Å². The lowest BCUT2D eigenvalue weighted by molar-refractivity contribution is 0.0116. The number of methoxy groups -OCH3 is 1. The van der Waals surface area contributed by atoms with Gasteiger partial charge < -0.3 is 14.2 Å². The van der Waals surface area contributed by atoms with Crippen molar-refractivity contribution in [1.82, 2.24) is 0 Å². The molecular formula is C15H21FO4. The molecule has 0 aromatic heterocycles. The van der Waals surface area contributed by atoms with Crippen LogP contribution >= 0.6 is 0 Å². The van der Waals surface area contributed by atoms with Crippen LogP contribution in [0.4, 0.5) is 4.39 Å². The van der Waals surface area contributed by atoms with Crippen LogP contribution in [0.3, 0.4) is 0 Å². The van der Waals surface area contributed by atoms with E-state index in [0.29, 0.717) is 32.0 Å². The maximum Gasteiger partial charge on any atom is 0.191 e. The largest absolute Gasteiger partial charge is 0.385 e. The van der Waals surface area contributed by atoms with Crippen LogP contribution < -0.4 is 0 Å². The number of rotatable bonds is 10. The molecule has 5 heteroatoms. The van der Waals surface area contributed by atoms with Gasteiger partial charge in [-0.3, -0.25) is 4.79 Å². The van der Waals surface area contributed by atoms with Gasteiger partial charge in [0, 0.05) is 25.9 Å².